The fourth-order valence-electron chi connectivity index (χ4n) is 3.26. The molecule has 2 heterocycles. The molecule has 2 aromatic heterocycles. The summed E-state index contributed by atoms with van der Waals surface area (Å²) in [4.78, 5) is 17.2. The second-order valence-electron chi connectivity index (χ2n) is 7.33. The van der Waals surface area contributed by atoms with Crippen molar-refractivity contribution < 1.29 is 0 Å². The van der Waals surface area contributed by atoms with Crippen molar-refractivity contribution in [2.24, 2.45) is 12.5 Å². The van der Waals surface area contributed by atoms with Crippen molar-refractivity contribution in [3.05, 3.63) is 46.5 Å². The van der Waals surface area contributed by atoms with Crippen LogP contribution in [-0.2, 0) is 13.6 Å². The van der Waals surface area contributed by atoms with Crippen molar-refractivity contribution in [1.29, 1.82) is 0 Å². The van der Waals surface area contributed by atoms with E-state index in [-0.39, 0.29) is 11.1 Å². The Bertz CT molecular complexity index is 1010. The van der Waals surface area contributed by atoms with Crippen LogP contribution in [0.3, 0.4) is 0 Å². The molecular weight excluding hydrogens is 300 g/mol. The summed E-state index contributed by atoms with van der Waals surface area (Å²) in [5.41, 5.74) is 11.6. The molecule has 5 nitrogen and oxygen atoms in total. The Kier molecular flexibility index (Phi) is 3.10. The SMILES string of the molecule is Cc1ccc(N)c(-c2ccc3c(c2)n(C)c(=O)n3CC2(C)CC2)n1. The number of anilines is 1. The van der Waals surface area contributed by atoms with Crippen molar-refractivity contribution in [3.8, 4) is 11.3 Å². The highest BCUT2D eigenvalue weighted by Crippen LogP contribution is 2.46. The Balaban J connectivity index is 1.89. The van der Waals surface area contributed by atoms with Gasteiger partial charge in [0.05, 0.1) is 22.4 Å². The summed E-state index contributed by atoms with van der Waals surface area (Å²) in [5, 5.41) is 0. The van der Waals surface area contributed by atoms with Crippen LogP contribution in [0.25, 0.3) is 22.3 Å². The first-order valence-electron chi connectivity index (χ1n) is 8.31. The molecule has 0 radical (unpaired) electrons. The molecule has 1 fully saturated rings. The molecule has 0 aliphatic heterocycles. The number of nitrogens with two attached hydrogens (primary N) is 1. The van der Waals surface area contributed by atoms with E-state index in [1.807, 2.05) is 48.9 Å². The minimum atomic E-state index is 0.0421. The number of rotatable bonds is 3. The van der Waals surface area contributed by atoms with E-state index in [1.165, 1.54) is 12.8 Å². The van der Waals surface area contributed by atoms with Crippen molar-refractivity contribution >= 4 is 16.7 Å². The van der Waals surface area contributed by atoms with Gasteiger partial charge in [-0.05, 0) is 49.4 Å². The van der Waals surface area contributed by atoms with Gasteiger partial charge in [-0.25, -0.2) is 4.79 Å². The van der Waals surface area contributed by atoms with Crippen molar-refractivity contribution in [1.82, 2.24) is 14.1 Å². The van der Waals surface area contributed by atoms with Crippen LogP contribution in [0.4, 0.5) is 5.69 Å². The van der Waals surface area contributed by atoms with E-state index < -0.39 is 0 Å². The molecule has 24 heavy (non-hydrogen) atoms. The number of nitrogen functional groups attached to an aromatic ring is 1. The number of fused-ring (bicyclic) bond motifs is 1. The zero-order valence-electron chi connectivity index (χ0n) is 14.3. The number of hydrogen-bond donors (Lipinski definition) is 1. The number of aryl methyl sites for hydroxylation is 2. The lowest BCUT2D eigenvalue weighted by Crippen LogP contribution is -2.25. The monoisotopic (exact) mass is 322 g/mol. The topological polar surface area (TPSA) is 65.8 Å². The molecule has 0 unspecified atom stereocenters. The zero-order valence-corrected chi connectivity index (χ0v) is 14.3. The summed E-state index contributed by atoms with van der Waals surface area (Å²) in [5.74, 6) is 0. The lowest BCUT2D eigenvalue weighted by Gasteiger charge is -2.10. The van der Waals surface area contributed by atoms with Gasteiger partial charge >= 0.3 is 5.69 Å². The first kappa shape index (κ1) is 15.0. The lowest BCUT2D eigenvalue weighted by molar-refractivity contribution is 0.460. The Morgan fingerprint density at radius 3 is 2.67 bits per heavy atom. The summed E-state index contributed by atoms with van der Waals surface area (Å²) in [6, 6.07) is 9.81. The van der Waals surface area contributed by atoms with Crippen molar-refractivity contribution in [2.45, 2.75) is 33.2 Å². The van der Waals surface area contributed by atoms with Gasteiger partial charge in [-0.15, -0.1) is 0 Å². The van der Waals surface area contributed by atoms with Crippen LogP contribution < -0.4 is 11.4 Å². The van der Waals surface area contributed by atoms with Crippen LogP contribution in [0.5, 0.6) is 0 Å². The molecule has 1 saturated carbocycles. The van der Waals surface area contributed by atoms with Crippen LogP contribution in [0, 0.1) is 12.3 Å². The minimum Gasteiger partial charge on any atom is -0.397 e. The third-order valence-corrected chi connectivity index (χ3v) is 5.13. The molecule has 1 aromatic carbocycles. The van der Waals surface area contributed by atoms with Gasteiger partial charge in [0.25, 0.3) is 0 Å². The molecule has 4 rings (SSSR count). The molecule has 0 atom stereocenters. The lowest BCUT2D eigenvalue weighted by atomic mass is 10.1. The third-order valence-electron chi connectivity index (χ3n) is 5.13. The zero-order chi connectivity index (χ0) is 17.1. The molecule has 1 aliphatic carbocycles. The molecule has 0 bridgehead atoms. The maximum Gasteiger partial charge on any atom is 0.328 e. The predicted octanol–water partition coefficient (Wildman–Crippen LogP) is 3.09. The van der Waals surface area contributed by atoms with Gasteiger partial charge in [0.1, 0.15) is 0 Å². The standard InChI is InChI=1S/C19H22N4O/c1-12-4-6-14(20)17(21-12)13-5-7-15-16(10-13)22(3)18(24)23(15)11-19(2)8-9-19/h4-7,10H,8-9,11,20H2,1-3H3. The number of imidazole rings is 1. The molecule has 0 amide bonds. The highest BCUT2D eigenvalue weighted by atomic mass is 16.1. The molecule has 5 heteroatoms. The molecule has 0 saturated heterocycles. The number of benzene rings is 1. The first-order chi connectivity index (χ1) is 11.4. The predicted molar refractivity (Wildman–Crippen MR) is 96.9 cm³/mol. The Labute approximate surface area is 140 Å². The van der Waals surface area contributed by atoms with E-state index in [4.69, 9.17) is 5.73 Å². The Morgan fingerprint density at radius 1 is 1.21 bits per heavy atom. The van der Waals surface area contributed by atoms with Crippen LogP contribution >= 0.6 is 0 Å². The maximum atomic E-state index is 12.6. The molecule has 3 aromatic rings. The Hall–Kier alpha value is -2.56. The van der Waals surface area contributed by atoms with Crippen molar-refractivity contribution in [3.63, 3.8) is 0 Å². The van der Waals surface area contributed by atoms with Gasteiger partial charge < -0.3 is 5.73 Å². The second kappa shape index (κ2) is 4.97. The summed E-state index contributed by atoms with van der Waals surface area (Å²) in [6.45, 7) is 4.97. The Morgan fingerprint density at radius 2 is 1.96 bits per heavy atom. The normalized spacial score (nSPS) is 15.8. The van der Waals surface area contributed by atoms with Gasteiger partial charge in [-0.2, -0.15) is 0 Å². The average Bonchev–Trinajstić information content (AvgIpc) is 3.25. The van der Waals surface area contributed by atoms with E-state index in [1.54, 1.807) is 4.57 Å². The first-order valence-corrected chi connectivity index (χ1v) is 8.31. The van der Waals surface area contributed by atoms with Gasteiger partial charge in [-0.3, -0.25) is 14.1 Å². The summed E-state index contributed by atoms with van der Waals surface area (Å²) >= 11 is 0. The van der Waals surface area contributed by atoms with Crippen LogP contribution in [0.15, 0.2) is 35.1 Å². The van der Waals surface area contributed by atoms with Gasteiger partial charge in [0, 0.05) is 24.8 Å². The fourth-order valence-corrected chi connectivity index (χ4v) is 3.26. The van der Waals surface area contributed by atoms with Crippen molar-refractivity contribution in [2.75, 3.05) is 5.73 Å². The van der Waals surface area contributed by atoms with Crippen LogP contribution in [-0.4, -0.2) is 14.1 Å². The summed E-state index contributed by atoms with van der Waals surface area (Å²) in [7, 11) is 1.83. The highest BCUT2D eigenvalue weighted by molar-refractivity contribution is 5.84. The fraction of sp³-hybridized carbons (Fsp3) is 0.368. The van der Waals surface area contributed by atoms with Gasteiger partial charge in [-0.1, -0.05) is 13.0 Å². The molecule has 2 N–H and O–H groups in total. The summed E-state index contributed by atoms with van der Waals surface area (Å²) in [6.07, 6.45) is 2.38. The summed E-state index contributed by atoms with van der Waals surface area (Å²) < 4.78 is 3.62. The third kappa shape index (κ3) is 2.31. The average molecular weight is 322 g/mol. The second-order valence-corrected chi connectivity index (χ2v) is 7.33. The molecule has 0 spiro atoms. The minimum absolute atomic E-state index is 0.0421. The largest absolute Gasteiger partial charge is 0.397 e. The number of nitrogens with zero attached hydrogens (tertiary/aromatic N) is 3. The molecule has 124 valence electrons. The molecular formula is C19H22N4O. The van der Waals surface area contributed by atoms with Crippen LogP contribution in [0.1, 0.15) is 25.5 Å². The van der Waals surface area contributed by atoms with Gasteiger partial charge in [0.15, 0.2) is 0 Å². The highest BCUT2D eigenvalue weighted by Gasteiger charge is 2.38. The number of aromatic nitrogens is 3. The van der Waals surface area contributed by atoms with E-state index in [2.05, 4.69) is 11.9 Å². The van der Waals surface area contributed by atoms with E-state index in [0.29, 0.717) is 5.69 Å². The smallest absolute Gasteiger partial charge is 0.328 e. The van der Waals surface area contributed by atoms with E-state index >= 15 is 0 Å². The van der Waals surface area contributed by atoms with Crippen LogP contribution in [0.2, 0.25) is 0 Å². The van der Waals surface area contributed by atoms with Gasteiger partial charge in [0.2, 0.25) is 0 Å². The quantitative estimate of drug-likeness (QED) is 0.806. The number of hydrogen-bond acceptors (Lipinski definition) is 3. The number of pyridine rings is 1. The van der Waals surface area contributed by atoms with E-state index in [9.17, 15) is 4.79 Å². The van der Waals surface area contributed by atoms with E-state index in [0.717, 1.165) is 34.5 Å². The maximum absolute atomic E-state index is 12.6. The molecule has 1 aliphatic rings.